The summed E-state index contributed by atoms with van der Waals surface area (Å²) in [6, 6.07) is 22.0. The third kappa shape index (κ3) is 5.26. The van der Waals surface area contributed by atoms with Crippen molar-refractivity contribution < 1.29 is 19.1 Å². The summed E-state index contributed by atoms with van der Waals surface area (Å²) in [5.74, 6) is 1.19. The number of hydrogen-bond acceptors (Lipinski definition) is 4. The van der Waals surface area contributed by atoms with Crippen molar-refractivity contribution in [2.24, 2.45) is 0 Å². The van der Waals surface area contributed by atoms with E-state index in [-0.39, 0.29) is 11.9 Å². The fraction of sp³-hybridized carbons (Fsp3) is 0.231. The largest absolute Gasteiger partial charge is 0.497 e. The molecule has 0 radical (unpaired) electrons. The molecule has 3 aromatic carbocycles. The minimum atomic E-state index is -0.189. The Morgan fingerprint density at radius 1 is 0.909 bits per heavy atom. The SMILES string of the molecule is COc1cc(CN2CCCN(c3cccc(NC(=O)c4ccccc4)c3)C2=O)cc(OC)c1. The van der Waals surface area contributed by atoms with Gasteiger partial charge in [0, 0.05) is 42.6 Å². The van der Waals surface area contributed by atoms with Gasteiger partial charge in [0.05, 0.1) is 14.2 Å². The van der Waals surface area contributed by atoms with Crippen LogP contribution < -0.4 is 19.7 Å². The Hall–Kier alpha value is -4.00. The van der Waals surface area contributed by atoms with Crippen molar-refractivity contribution >= 4 is 23.3 Å². The molecule has 1 N–H and O–H groups in total. The average Bonchev–Trinajstić information content (AvgIpc) is 2.85. The third-order valence-electron chi connectivity index (χ3n) is 5.55. The Morgan fingerprint density at radius 3 is 2.33 bits per heavy atom. The molecular formula is C26H27N3O4. The fourth-order valence-corrected chi connectivity index (χ4v) is 3.89. The van der Waals surface area contributed by atoms with Crippen molar-refractivity contribution in [3.8, 4) is 11.5 Å². The Labute approximate surface area is 193 Å². The van der Waals surface area contributed by atoms with Crippen LogP contribution in [0.4, 0.5) is 16.2 Å². The van der Waals surface area contributed by atoms with Crippen LogP contribution in [-0.2, 0) is 6.54 Å². The van der Waals surface area contributed by atoms with Crippen LogP contribution in [-0.4, -0.2) is 44.1 Å². The number of rotatable bonds is 7. The molecule has 0 aromatic heterocycles. The smallest absolute Gasteiger partial charge is 0.324 e. The van der Waals surface area contributed by atoms with Crippen LogP contribution in [0.1, 0.15) is 22.3 Å². The van der Waals surface area contributed by atoms with Gasteiger partial charge in [-0.25, -0.2) is 4.79 Å². The molecule has 7 nitrogen and oxygen atoms in total. The summed E-state index contributed by atoms with van der Waals surface area (Å²) >= 11 is 0. The van der Waals surface area contributed by atoms with Crippen LogP contribution in [0.25, 0.3) is 0 Å². The van der Waals surface area contributed by atoms with E-state index >= 15 is 0 Å². The van der Waals surface area contributed by atoms with E-state index in [2.05, 4.69) is 5.32 Å². The van der Waals surface area contributed by atoms with E-state index in [1.165, 1.54) is 0 Å². The van der Waals surface area contributed by atoms with Gasteiger partial charge in [0.15, 0.2) is 0 Å². The molecule has 0 atom stereocenters. The molecular weight excluding hydrogens is 418 g/mol. The maximum absolute atomic E-state index is 13.3. The molecule has 0 aliphatic carbocycles. The molecule has 0 saturated carbocycles. The highest BCUT2D eigenvalue weighted by Gasteiger charge is 2.27. The number of amides is 3. The van der Waals surface area contributed by atoms with Gasteiger partial charge in [0.25, 0.3) is 5.91 Å². The van der Waals surface area contributed by atoms with Gasteiger partial charge in [-0.2, -0.15) is 0 Å². The minimum absolute atomic E-state index is 0.0745. The fourth-order valence-electron chi connectivity index (χ4n) is 3.89. The van der Waals surface area contributed by atoms with Crippen molar-refractivity contribution in [3.63, 3.8) is 0 Å². The molecule has 1 fully saturated rings. The molecule has 3 amide bonds. The second-order valence-electron chi connectivity index (χ2n) is 7.80. The van der Waals surface area contributed by atoms with Gasteiger partial charge in [-0.05, 0) is 54.4 Å². The maximum Gasteiger partial charge on any atom is 0.324 e. The van der Waals surface area contributed by atoms with E-state index < -0.39 is 0 Å². The van der Waals surface area contributed by atoms with Gasteiger partial charge >= 0.3 is 6.03 Å². The Balaban J connectivity index is 1.49. The van der Waals surface area contributed by atoms with Crippen molar-refractivity contribution in [2.75, 3.05) is 37.5 Å². The standard InChI is InChI=1S/C26H27N3O4/c1-32-23-14-19(15-24(17-23)33-2)18-28-12-7-13-29(26(28)31)22-11-6-10-21(16-22)27-25(30)20-8-4-3-5-9-20/h3-6,8-11,14-17H,7,12-13,18H2,1-2H3,(H,27,30). The number of anilines is 2. The summed E-state index contributed by atoms with van der Waals surface area (Å²) in [7, 11) is 3.21. The number of ether oxygens (including phenoxy) is 2. The van der Waals surface area contributed by atoms with Crippen molar-refractivity contribution in [1.82, 2.24) is 4.90 Å². The first kappa shape index (κ1) is 22.2. The molecule has 0 bridgehead atoms. The minimum Gasteiger partial charge on any atom is -0.497 e. The van der Waals surface area contributed by atoms with Gasteiger partial charge < -0.3 is 19.7 Å². The summed E-state index contributed by atoms with van der Waals surface area (Å²) in [5.41, 5.74) is 2.91. The van der Waals surface area contributed by atoms with Crippen LogP contribution in [0, 0.1) is 0 Å². The molecule has 4 rings (SSSR count). The summed E-state index contributed by atoms with van der Waals surface area (Å²) in [6.07, 6.45) is 0.841. The Morgan fingerprint density at radius 2 is 1.64 bits per heavy atom. The lowest BCUT2D eigenvalue weighted by Crippen LogP contribution is -2.49. The van der Waals surface area contributed by atoms with Crippen LogP contribution >= 0.6 is 0 Å². The summed E-state index contributed by atoms with van der Waals surface area (Å²) in [4.78, 5) is 29.4. The van der Waals surface area contributed by atoms with Crippen molar-refractivity contribution in [1.29, 1.82) is 0 Å². The molecule has 7 heteroatoms. The highest BCUT2D eigenvalue weighted by atomic mass is 16.5. The van der Waals surface area contributed by atoms with Gasteiger partial charge in [-0.3, -0.25) is 9.69 Å². The predicted molar refractivity (Wildman–Crippen MR) is 128 cm³/mol. The van der Waals surface area contributed by atoms with Gasteiger partial charge in [-0.15, -0.1) is 0 Å². The van der Waals surface area contributed by atoms with Gasteiger partial charge in [-0.1, -0.05) is 24.3 Å². The highest BCUT2D eigenvalue weighted by molar-refractivity contribution is 6.04. The lowest BCUT2D eigenvalue weighted by Gasteiger charge is -2.36. The van der Waals surface area contributed by atoms with Crippen LogP contribution in [0.5, 0.6) is 11.5 Å². The zero-order valence-corrected chi connectivity index (χ0v) is 18.8. The Kier molecular flexibility index (Phi) is 6.78. The molecule has 3 aromatic rings. The zero-order valence-electron chi connectivity index (χ0n) is 18.8. The van der Waals surface area contributed by atoms with E-state index in [0.717, 1.165) is 17.7 Å². The third-order valence-corrected chi connectivity index (χ3v) is 5.55. The lowest BCUT2D eigenvalue weighted by atomic mass is 10.1. The van der Waals surface area contributed by atoms with E-state index in [1.54, 1.807) is 31.3 Å². The van der Waals surface area contributed by atoms with E-state index in [9.17, 15) is 9.59 Å². The van der Waals surface area contributed by atoms with Gasteiger partial charge in [0.2, 0.25) is 0 Å². The number of nitrogens with zero attached hydrogens (tertiary/aromatic N) is 2. The van der Waals surface area contributed by atoms with Crippen molar-refractivity contribution in [2.45, 2.75) is 13.0 Å². The molecule has 1 heterocycles. The normalized spacial score (nSPS) is 13.6. The van der Waals surface area contributed by atoms with E-state index in [1.807, 2.05) is 65.6 Å². The number of methoxy groups -OCH3 is 2. The molecule has 0 unspecified atom stereocenters. The molecule has 1 aliphatic heterocycles. The second kappa shape index (κ2) is 10.1. The number of nitrogens with one attached hydrogen (secondary N) is 1. The number of carbonyl (C=O) groups is 2. The first-order valence-electron chi connectivity index (χ1n) is 10.8. The molecule has 170 valence electrons. The van der Waals surface area contributed by atoms with Gasteiger partial charge in [0.1, 0.15) is 11.5 Å². The summed E-state index contributed by atoms with van der Waals surface area (Å²) < 4.78 is 10.7. The quantitative estimate of drug-likeness (QED) is 0.568. The summed E-state index contributed by atoms with van der Waals surface area (Å²) in [5, 5.41) is 2.91. The van der Waals surface area contributed by atoms with Crippen LogP contribution in [0.2, 0.25) is 0 Å². The van der Waals surface area contributed by atoms with Crippen molar-refractivity contribution in [3.05, 3.63) is 83.9 Å². The zero-order chi connectivity index (χ0) is 23.2. The lowest BCUT2D eigenvalue weighted by molar-refractivity contribution is 0.102. The predicted octanol–water partition coefficient (Wildman–Crippen LogP) is 4.79. The topological polar surface area (TPSA) is 71.1 Å². The number of benzene rings is 3. The number of hydrogen-bond donors (Lipinski definition) is 1. The first-order valence-corrected chi connectivity index (χ1v) is 10.8. The maximum atomic E-state index is 13.3. The number of urea groups is 1. The van der Waals surface area contributed by atoms with Crippen LogP contribution in [0.3, 0.4) is 0 Å². The van der Waals surface area contributed by atoms with E-state index in [4.69, 9.17) is 9.47 Å². The summed E-state index contributed by atoms with van der Waals surface area (Å²) in [6.45, 7) is 1.74. The second-order valence-corrected chi connectivity index (χ2v) is 7.80. The highest BCUT2D eigenvalue weighted by Crippen LogP contribution is 2.27. The molecule has 1 aliphatic rings. The first-order chi connectivity index (χ1) is 16.1. The Bertz CT molecular complexity index is 1110. The molecule has 33 heavy (non-hydrogen) atoms. The average molecular weight is 446 g/mol. The molecule has 0 spiro atoms. The van der Waals surface area contributed by atoms with Crippen LogP contribution in [0.15, 0.2) is 72.8 Å². The van der Waals surface area contributed by atoms with E-state index in [0.29, 0.717) is 42.4 Å². The molecule has 1 saturated heterocycles. The number of carbonyl (C=O) groups excluding carboxylic acids is 2. The monoisotopic (exact) mass is 445 g/mol.